The summed E-state index contributed by atoms with van der Waals surface area (Å²) < 4.78 is 9.64. The van der Waals surface area contributed by atoms with Gasteiger partial charge in [0.2, 0.25) is 0 Å². The van der Waals surface area contributed by atoms with E-state index >= 15 is 0 Å². The van der Waals surface area contributed by atoms with E-state index < -0.39 is 6.16 Å². The molecule has 0 heterocycles. The molecule has 3 heteroatoms. The molecule has 0 atom stereocenters. The predicted octanol–water partition coefficient (Wildman–Crippen LogP) is 2.92. The van der Waals surface area contributed by atoms with Crippen LogP contribution in [0.1, 0.15) is 12.5 Å². The largest absolute Gasteiger partial charge is 0.508 e. The molecular formula is C12H14O3. The van der Waals surface area contributed by atoms with Gasteiger partial charge in [0, 0.05) is 0 Å². The minimum atomic E-state index is -0.642. The zero-order valence-corrected chi connectivity index (χ0v) is 8.68. The number of carbonyl (C=O) groups is 1. The van der Waals surface area contributed by atoms with Crippen molar-refractivity contribution in [2.45, 2.75) is 13.5 Å². The molecule has 1 aromatic rings. The van der Waals surface area contributed by atoms with E-state index in [1.54, 1.807) is 6.08 Å². The number of benzene rings is 1. The Kier molecular flexibility index (Phi) is 5.01. The summed E-state index contributed by atoms with van der Waals surface area (Å²) in [5.74, 6) is 0. The number of carbonyl (C=O) groups excluding carboxylic acids is 1. The van der Waals surface area contributed by atoms with Crippen LogP contribution in [-0.2, 0) is 16.1 Å². The van der Waals surface area contributed by atoms with E-state index in [4.69, 9.17) is 9.47 Å². The molecule has 0 unspecified atom stereocenters. The molecule has 0 aliphatic carbocycles. The molecule has 0 saturated heterocycles. The summed E-state index contributed by atoms with van der Waals surface area (Å²) >= 11 is 0. The van der Waals surface area contributed by atoms with Crippen molar-refractivity contribution in [2.75, 3.05) is 6.61 Å². The first-order valence-corrected chi connectivity index (χ1v) is 4.77. The Labute approximate surface area is 89.3 Å². The zero-order chi connectivity index (χ0) is 10.9. The van der Waals surface area contributed by atoms with Gasteiger partial charge in [-0.15, -0.1) is 0 Å². The summed E-state index contributed by atoms with van der Waals surface area (Å²) in [4.78, 5) is 11.0. The first kappa shape index (κ1) is 11.3. The number of rotatable bonds is 4. The third kappa shape index (κ3) is 4.86. The summed E-state index contributed by atoms with van der Waals surface area (Å²) in [5, 5.41) is 0. The highest BCUT2D eigenvalue weighted by molar-refractivity contribution is 5.60. The first-order chi connectivity index (χ1) is 7.33. The lowest BCUT2D eigenvalue weighted by atomic mass is 10.2. The van der Waals surface area contributed by atoms with Crippen molar-refractivity contribution >= 4 is 6.16 Å². The van der Waals surface area contributed by atoms with Crippen LogP contribution in [0, 0.1) is 0 Å². The smallest absolute Gasteiger partial charge is 0.430 e. The van der Waals surface area contributed by atoms with Gasteiger partial charge in [0.05, 0.1) is 0 Å². The van der Waals surface area contributed by atoms with Gasteiger partial charge in [0.1, 0.15) is 13.2 Å². The van der Waals surface area contributed by atoms with E-state index in [9.17, 15) is 4.79 Å². The van der Waals surface area contributed by atoms with Gasteiger partial charge in [-0.25, -0.2) is 4.79 Å². The number of allylic oxidation sites excluding steroid dienone is 1. The molecular weight excluding hydrogens is 192 g/mol. The maximum absolute atomic E-state index is 11.0. The van der Waals surface area contributed by atoms with E-state index in [-0.39, 0.29) is 13.2 Å². The van der Waals surface area contributed by atoms with Crippen molar-refractivity contribution in [2.24, 2.45) is 0 Å². The third-order valence-electron chi connectivity index (χ3n) is 1.73. The minimum absolute atomic E-state index is 0.246. The van der Waals surface area contributed by atoms with Crippen molar-refractivity contribution in [3.8, 4) is 0 Å². The van der Waals surface area contributed by atoms with Gasteiger partial charge < -0.3 is 9.47 Å². The molecule has 0 bridgehead atoms. The molecule has 0 aliphatic rings. The lowest BCUT2D eigenvalue weighted by molar-refractivity contribution is 0.0576. The maximum atomic E-state index is 11.0. The minimum Gasteiger partial charge on any atom is -0.430 e. The molecule has 1 aromatic carbocycles. The lowest BCUT2D eigenvalue weighted by Crippen LogP contribution is -2.07. The second kappa shape index (κ2) is 6.65. The second-order valence-corrected chi connectivity index (χ2v) is 2.90. The fourth-order valence-electron chi connectivity index (χ4n) is 0.971. The fraction of sp³-hybridized carbons (Fsp3) is 0.250. The summed E-state index contributed by atoms with van der Waals surface area (Å²) in [5.41, 5.74) is 0.945. The maximum Gasteiger partial charge on any atom is 0.508 e. The van der Waals surface area contributed by atoms with Crippen LogP contribution in [0.15, 0.2) is 42.5 Å². The highest BCUT2D eigenvalue weighted by Gasteiger charge is 2.01. The van der Waals surface area contributed by atoms with Gasteiger partial charge in [-0.1, -0.05) is 42.5 Å². The van der Waals surface area contributed by atoms with Crippen molar-refractivity contribution in [1.82, 2.24) is 0 Å². The van der Waals surface area contributed by atoms with Gasteiger partial charge in [-0.05, 0) is 12.5 Å². The monoisotopic (exact) mass is 206 g/mol. The van der Waals surface area contributed by atoms with Gasteiger partial charge in [-0.2, -0.15) is 0 Å². The molecule has 0 spiro atoms. The first-order valence-electron chi connectivity index (χ1n) is 4.77. The summed E-state index contributed by atoms with van der Waals surface area (Å²) in [6.07, 6.45) is 2.91. The van der Waals surface area contributed by atoms with Crippen LogP contribution in [0.25, 0.3) is 0 Å². The van der Waals surface area contributed by atoms with E-state index in [0.29, 0.717) is 0 Å². The second-order valence-electron chi connectivity index (χ2n) is 2.90. The standard InChI is InChI=1S/C12H14O3/c1-2-3-9-14-12(13)15-10-11-7-5-4-6-8-11/h2-8H,9-10H2,1H3/b3-2+. The van der Waals surface area contributed by atoms with E-state index in [2.05, 4.69) is 0 Å². The quantitative estimate of drug-likeness (QED) is 0.561. The average Bonchev–Trinajstić information content (AvgIpc) is 2.28. The fourth-order valence-corrected chi connectivity index (χ4v) is 0.971. The Morgan fingerprint density at radius 2 is 2.00 bits per heavy atom. The summed E-state index contributed by atoms with van der Waals surface area (Å²) in [7, 11) is 0. The van der Waals surface area contributed by atoms with Crippen LogP contribution in [0.3, 0.4) is 0 Å². The van der Waals surface area contributed by atoms with Crippen LogP contribution < -0.4 is 0 Å². The van der Waals surface area contributed by atoms with Gasteiger partial charge in [0.15, 0.2) is 0 Å². The normalized spacial score (nSPS) is 10.2. The molecule has 1 rings (SSSR count). The van der Waals surface area contributed by atoms with Crippen LogP contribution in [-0.4, -0.2) is 12.8 Å². The average molecular weight is 206 g/mol. The Morgan fingerprint density at radius 3 is 2.67 bits per heavy atom. The van der Waals surface area contributed by atoms with Crippen molar-refractivity contribution in [1.29, 1.82) is 0 Å². The summed E-state index contributed by atoms with van der Waals surface area (Å²) in [6.45, 7) is 2.36. The molecule has 0 N–H and O–H groups in total. The molecule has 0 aliphatic heterocycles. The number of hydrogen-bond acceptors (Lipinski definition) is 3. The van der Waals surface area contributed by atoms with Crippen molar-refractivity contribution in [3.05, 3.63) is 48.0 Å². The van der Waals surface area contributed by atoms with Crippen LogP contribution in [0.4, 0.5) is 4.79 Å². The summed E-state index contributed by atoms with van der Waals surface area (Å²) in [6, 6.07) is 9.47. The SMILES string of the molecule is C/C=C/COC(=O)OCc1ccccc1. The number of hydrogen-bond donors (Lipinski definition) is 0. The molecule has 0 radical (unpaired) electrons. The lowest BCUT2D eigenvalue weighted by Gasteiger charge is -2.04. The van der Waals surface area contributed by atoms with Crippen LogP contribution in [0.5, 0.6) is 0 Å². The van der Waals surface area contributed by atoms with Gasteiger partial charge in [0.25, 0.3) is 0 Å². The third-order valence-corrected chi connectivity index (χ3v) is 1.73. The van der Waals surface area contributed by atoms with Crippen molar-refractivity contribution in [3.63, 3.8) is 0 Å². The predicted molar refractivity (Wildman–Crippen MR) is 57.4 cm³/mol. The molecule has 3 nitrogen and oxygen atoms in total. The van der Waals surface area contributed by atoms with E-state index in [1.165, 1.54) is 0 Å². The Balaban J connectivity index is 2.23. The highest BCUT2D eigenvalue weighted by atomic mass is 16.7. The Hall–Kier alpha value is -1.77. The van der Waals surface area contributed by atoms with Crippen molar-refractivity contribution < 1.29 is 14.3 Å². The number of ether oxygens (including phenoxy) is 2. The molecule has 0 amide bonds. The van der Waals surface area contributed by atoms with Crippen LogP contribution >= 0.6 is 0 Å². The molecule has 80 valence electrons. The Morgan fingerprint density at radius 1 is 1.27 bits per heavy atom. The molecule has 0 aromatic heterocycles. The zero-order valence-electron chi connectivity index (χ0n) is 8.68. The van der Waals surface area contributed by atoms with Gasteiger partial charge >= 0.3 is 6.16 Å². The van der Waals surface area contributed by atoms with Gasteiger partial charge in [-0.3, -0.25) is 0 Å². The van der Waals surface area contributed by atoms with Crippen LogP contribution in [0.2, 0.25) is 0 Å². The Bertz CT molecular complexity index is 317. The van der Waals surface area contributed by atoms with E-state index in [1.807, 2.05) is 43.3 Å². The highest BCUT2D eigenvalue weighted by Crippen LogP contribution is 2.01. The molecule has 0 fully saturated rings. The topological polar surface area (TPSA) is 35.5 Å². The molecule has 15 heavy (non-hydrogen) atoms. The molecule has 0 saturated carbocycles. The van der Waals surface area contributed by atoms with E-state index in [0.717, 1.165) is 5.56 Å².